The summed E-state index contributed by atoms with van der Waals surface area (Å²) in [6.07, 6.45) is 1.19. The molecule has 0 fully saturated rings. The zero-order chi connectivity index (χ0) is 11.5. The van der Waals surface area contributed by atoms with Gasteiger partial charge in [0.1, 0.15) is 9.84 Å². The van der Waals surface area contributed by atoms with Gasteiger partial charge in [0.15, 0.2) is 0 Å². The molecule has 0 spiro atoms. The molecular formula is C9H11Cl2NO2S. The van der Waals surface area contributed by atoms with Gasteiger partial charge in [-0.1, -0.05) is 23.2 Å². The number of anilines is 1. The Balaban J connectivity index is 2.61. The van der Waals surface area contributed by atoms with Crippen LogP contribution in [0.15, 0.2) is 18.2 Å². The highest BCUT2D eigenvalue weighted by molar-refractivity contribution is 7.90. The maximum absolute atomic E-state index is 10.9. The topological polar surface area (TPSA) is 46.2 Å². The Morgan fingerprint density at radius 2 is 2.00 bits per heavy atom. The van der Waals surface area contributed by atoms with Gasteiger partial charge in [-0.05, 0) is 18.2 Å². The largest absolute Gasteiger partial charge is 0.383 e. The van der Waals surface area contributed by atoms with E-state index in [1.165, 1.54) is 6.26 Å². The maximum atomic E-state index is 10.9. The summed E-state index contributed by atoms with van der Waals surface area (Å²) in [7, 11) is -2.96. The molecule has 0 aliphatic heterocycles. The van der Waals surface area contributed by atoms with Crippen LogP contribution in [0.1, 0.15) is 0 Å². The Labute approximate surface area is 99.3 Å². The van der Waals surface area contributed by atoms with Gasteiger partial charge in [-0.3, -0.25) is 0 Å². The Kier molecular flexibility index (Phi) is 4.25. The third-order valence-electron chi connectivity index (χ3n) is 1.72. The van der Waals surface area contributed by atoms with Crippen LogP contribution in [0, 0.1) is 0 Å². The lowest BCUT2D eigenvalue weighted by atomic mass is 10.3. The van der Waals surface area contributed by atoms with E-state index in [0.29, 0.717) is 22.3 Å². The minimum Gasteiger partial charge on any atom is -0.383 e. The van der Waals surface area contributed by atoms with E-state index in [1.54, 1.807) is 18.2 Å². The number of nitrogens with one attached hydrogen (secondary N) is 1. The lowest BCUT2D eigenvalue weighted by molar-refractivity contribution is 0.602. The van der Waals surface area contributed by atoms with Crippen molar-refractivity contribution >= 4 is 38.7 Å². The van der Waals surface area contributed by atoms with Crippen molar-refractivity contribution in [3.63, 3.8) is 0 Å². The fraction of sp³-hybridized carbons (Fsp3) is 0.333. The van der Waals surface area contributed by atoms with Gasteiger partial charge in [0.25, 0.3) is 0 Å². The Bertz CT molecular complexity index is 445. The van der Waals surface area contributed by atoms with Crippen LogP contribution >= 0.6 is 23.2 Å². The second-order valence-corrected chi connectivity index (χ2v) is 6.28. The Morgan fingerprint density at radius 3 is 2.60 bits per heavy atom. The van der Waals surface area contributed by atoms with E-state index in [2.05, 4.69) is 5.32 Å². The van der Waals surface area contributed by atoms with Gasteiger partial charge in [0, 0.05) is 17.8 Å². The van der Waals surface area contributed by atoms with Crippen LogP contribution in [-0.2, 0) is 9.84 Å². The second kappa shape index (κ2) is 5.05. The van der Waals surface area contributed by atoms with Crippen molar-refractivity contribution in [3.8, 4) is 0 Å². The zero-order valence-corrected chi connectivity index (χ0v) is 10.5. The summed E-state index contributed by atoms with van der Waals surface area (Å²) in [6.45, 7) is 0.318. The molecule has 0 unspecified atom stereocenters. The first-order valence-corrected chi connectivity index (χ1v) is 7.07. The molecule has 0 bridgehead atoms. The van der Waals surface area contributed by atoms with Crippen molar-refractivity contribution < 1.29 is 8.42 Å². The first-order valence-electron chi connectivity index (χ1n) is 4.25. The Morgan fingerprint density at radius 1 is 1.33 bits per heavy atom. The van der Waals surface area contributed by atoms with E-state index < -0.39 is 9.84 Å². The molecule has 15 heavy (non-hydrogen) atoms. The van der Waals surface area contributed by atoms with Gasteiger partial charge in [0.05, 0.1) is 16.5 Å². The van der Waals surface area contributed by atoms with Crippen LogP contribution in [0.25, 0.3) is 0 Å². The fourth-order valence-corrected chi connectivity index (χ4v) is 1.83. The van der Waals surface area contributed by atoms with Gasteiger partial charge in [0.2, 0.25) is 0 Å². The maximum Gasteiger partial charge on any atom is 0.149 e. The molecule has 0 aliphatic carbocycles. The Hall–Kier alpha value is -0.450. The van der Waals surface area contributed by atoms with Crippen molar-refractivity contribution in [2.24, 2.45) is 0 Å². The van der Waals surface area contributed by atoms with Crippen LogP contribution in [0.4, 0.5) is 5.69 Å². The number of hydrogen-bond acceptors (Lipinski definition) is 3. The van der Waals surface area contributed by atoms with Crippen LogP contribution in [0.2, 0.25) is 10.0 Å². The normalized spacial score (nSPS) is 11.4. The van der Waals surface area contributed by atoms with Crippen LogP contribution in [0.3, 0.4) is 0 Å². The first-order chi connectivity index (χ1) is 6.88. The number of benzene rings is 1. The SMILES string of the molecule is CS(=O)(=O)CCNc1cc(Cl)ccc1Cl. The highest BCUT2D eigenvalue weighted by atomic mass is 35.5. The van der Waals surface area contributed by atoms with Crippen LogP contribution in [0.5, 0.6) is 0 Å². The molecule has 0 amide bonds. The molecule has 84 valence electrons. The van der Waals surface area contributed by atoms with Gasteiger partial charge in [-0.25, -0.2) is 8.42 Å². The van der Waals surface area contributed by atoms with Crippen molar-refractivity contribution in [1.29, 1.82) is 0 Å². The van der Waals surface area contributed by atoms with E-state index >= 15 is 0 Å². The zero-order valence-electron chi connectivity index (χ0n) is 8.13. The average molecular weight is 268 g/mol. The molecular weight excluding hydrogens is 257 g/mol. The molecule has 0 aromatic heterocycles. The summed E-state index contributed by atoms with van der Waals surface area (Å²) in [4.78, 5) is 0. The average Bonchev–Trinajstić information content (AvgIpc) is 2.09. The van der Waals surface area contributed by atoms with Crippen molar-refractivity contribution in [2.45, 2.75) is 0 Å². The van der Waals surface area contributed by atoms with Crippen LogP contribution in [-0.4, -0.2) is 27.0 Å². The minimum atomic E-state index is -2.96. The number of halogens is 2. The second-order valence-electron chi connectivity index (χ2n) is 3.18. The molecule has 1 rings (SSSR count). The van der Waals surface area contributed by atoms with Crippen molar-refractivity contribution in [1.82, 2.24) is 0 Å². The molecule has 1 aromatic rings. The van der Waals surface area contributed by atoms with Gasteiger partial charge >= 0.3 is 0 Å². The van der Waals surface area contributed by atoms with Crippen LogP contribution < -0.4 is 5.32 Å². The lowest BCUT2D eigenvalue weighted by Gasteiger charge is -2.07. The molecule has 0 saturated heterocycles. The van der Waals surface area contributed by atoms with E-state index in [0.717, 1.165) is 0 Å². The molecule has 1 aromatic carbocycles. The molecule has 1 N–H and O–H groups in total. The lowest BCUT2D eigenvalue weighted by Crippen LogP contribution is -2.14. The van der Waals surface area contributed by atoms with E-state index in [9.17, 15) is 8.42 Å². The summed E-state index contributed by atoms with van der Waals surface area (Å²) in [6, 6.07) is 4.99. The van der Waals surface area contributed by atoms with Crippen molar-refractivity contribution in [3.05, 3.63) is 28.2 Å². The summed E-state index contributed by atoms with van der Waals surface area (Å²) in [5, 5.41) is 3.99. The summed E-state index contributed by atoms with van der Waals surface area (Å²) >= 11 is 11.6. The highest BCUT2D eigenvalue weighted by Crippen LogP contribution is 2.24. The monoisotopic (exact) mass is 267 g/mol. The van der Waals surface area contributed by atoms with Gasteiger partial charge in [-0.15, -0.1) is 0 Å². The molecule has 0 saturated carbocycles. The summed E-state index contributed by atoms with van der Waals surface area (Å²) < 4.78 is 21.7. The molecule has 0 heterocycles. The van der Waals surface area contributed by atoms with Gasteiger partial charge < -0.3 is 5.32 Å². The smallest absolute Gasteiger partial charge is 0.149 e. The molecule has 6 heteroatoms. The molecule has 3 nitrogen and oxygen atoms in total. The highest BCUT2D eigenvalue weighted by Gasteiger charge is 2.04. The fourth-order valence-electron chi connectivity index (χ4n) is 1.00. The predicted octanol–water partition coefficient (Wildman–Crippen LogP) is 2.45. The third kappa shape index (κ3) is 4.73. The standard InChI is InChI=1S/C9H11Cl2NO2S/c1-15(13,14)5-4-12-9-6-7(10)2-3-8(9)11/h2-3,6,12H,4-5H2,1H3. The van der Waals surface area contributed by atoms with E-state index in [4.69, 9.17) is 23.2 Å². The first kappa shape index (κ1) is 12.6. The summed E-state index contributed by atoms with van der Waals surface area (Å²) in [5.41, 5.74) is 0.646. The van der Waals surface area contributed by atoms with E-state index in [1.807, 2.05) is 0 Å². The van der Waals surface area contributed by atoms with Crippen molar-refractivity contribution in [2.75, 3.05) is 23.9 Å². The quantitative estimate of drug-likeness (QED) is 0.912. The third-order valence-corrected chi connectivity index (χ3v) is 3.23. The van der Waals surface area contributed by atoms with E-state index in [-0.39, 0.29) is 5.75 Å². The number of hydrogen-bond donors (Lipinski definition) is 1. The number of sulfone groups is 1. The minimum absolute atomic E-state index is 0.0653. The van der Waals surface area contributed by atoms with Gasteiger partial charge in [-0.2, -0.15) is 0 Å². The molecule has 0 atom stereocenters. The molecule has 0 radical (unpaired) electrons. The predicted molar refractivity (Wildman–Crippen MR) is 64.7 cm³/mol. The molecule has 0 aliphatic rings. The summed E-state index contributed by atoms with van der Waals surface area (Å²) in [5.74, 6) is 0.0653. The number of rotatable bonds is 4.